The molecule has 0 aromatic carbocycles. The van der Waals surface area contributed by atoms with E-state index in [1.807, 2.05) is 6.92 Å². The summed E-state index contributed by atoms with van der Waals surface area (Å²) in [6.45, 7) is 9.88. The Morgan fingerprint density at radius 1 is 1.41 bits per heavy atom. The molecule has 0 aromatic heterocycles. The molecule has 0 aliphatic carbocycles. The highest BCUT2D eigenvalue weighted by atomic mass is 16.6. The number of epoxide rings is 1. The summed E-state index contributed by atoms with van der Waals surface area (Å²) in [6.07, 6.45) is 4.61. The van der Waals surface area contributed by atoms with Gasteiger partial charge in [-0.1, -0.05) is 40.5 Å². The zero-order valence-electron chi connectivity index (χ0n) is 11.6. The van der Waals surface area contributed by atoms with Gasteiger partial charge in [-0.3, -0.25) is 4.79 Å². The number of rotatable bonds is 7. The van der Waals surface area contributed by atoms with Crippen LogP contribution in [0, 0.1) is 11.3 Å². The van der Waals surface area contributed by atoms with E-state index in [-0.39, 0.29) is 18.0 Å². The first-order valence-corrected chi connectivity index (χ1v) is 6.67. The van der Waals surface area contributed by atoms with E-state index in [2.05, 4.69) is 20.8 Å². The average molecular weight is 242 g/mol. The zero-order chi connectivity index (χ0) is 12.9. The lowest BCUT2D eigenvalue weighted by atomic mass is 9.89. The van der Waals surface area contributed by atoms with Crippen LogP contribution in [0.5, 0.6) is 0 Å². The van der Waals surface area contributed by atoms with Crippen molar-refractivity contribution in [2.75, 3.05) is 13.2 Å². The van der Waals surface area contributed by atoms with Crippen molar-refractivity contribution in [3.05, 3.63) is 0 Å². The van der Waals surface area contributed by atoms with Crippen molar-refractivity contribution < 1.29 is 14.3 Å². The molecule has 0 bridgehead atoms. The molecule has 0 saturated carbocycles. The number of ether oxygens (including phenoxy) is 2. The molecule has 1 aliphatic rings. The van der Waals surface area contributed by atoms with Gasteiger partial charge >= 0.3 is 5.97 Å². The minimum absolute atomic E-state index is 0.0220. The lowest BCUT2D eigenvalue weighted by molar-refractivity contribution is -0.148. The van der Waals surface area contributed by atoms with Crippen molar-refractivity contribution >= 4 is 5.97 Å². The second kappa shape index (κ2) is 6.39. The Balaban J connectivity index is 2.02. The summed E-state index contributed by atoms with van der Waals surface area (Å²) in [7, 11) is 0. The number of unbranched alkanes of at least 4 members (excludes halogenated alkanes) is 1. The molecule has 0 amide bonds. The van der Waals surface area contributed by atoms with Gasteiger partial charge in [0.1, 0.15) is 12.7 Å². The van der Waals surface area contributed by atoms with E-state index in [1.54, 1.807) is 0 Å². The molecule has 3 nitrogen and oxygen atoms in total. The third kappa shape index (κ3) is 7.37. The molecule has 0 N–H and O–H groups in total. The summed E-state index contributed by atoms with van der Waals surface area (Å²) in [5.74, 6) is -0.0509. The summed E-state index contributed by atoms with van der Waals surface area (Å²) in [6, 6.07) is 0. The maximum Gasteiger partial charge on any atom is 0.308 e. The van der Waals surface area contributed by atoms with Gasteiger partial charge in [-0.15, -0.1) is 0 Å². The normalized spacial score (nSPS) is 21.1. The SMILES string of the molecule is CC(CCCCC(C)(C)C)C(=O)OCC1CO1. The van der Waals surface area contributed by atoms with Crippen molar-refractivity contribution in [2.45, 2.75) is 59.5 Å². The van der Waals surface area contributed by atoms with E-state index in [0.29, 0.717) is 12.0 Å². The molecule has 1 heterocycles. The Morgan fingerprint density at radius 2 is 2.06 bits per heavy atom. The molecular formula is C14H26O3. The molecule has 0 spiro atoms. The summed E-state index contributed by atoms with van der Waals surface area (Å²) in [4.78, 5) is 11.6. The summed E-state index contributed by atoms with van der Waals surface area (Å²) in [5.41, 5.74) is 0.396. The fraction of sp³-hybridized carbons (Fsp3) is 0.929. The van der Waals surface area contributed by atoms with E-state index in [9.17, 15) is 4.79 Å². The van der Waals surface area contributed by atoms with Gasteiger partial charge in [0.2, 0.25) is 0 Å². The fourth-order valence-corrected chi connectivity index (χ4v) is 1.71. The minimum atomic E-state index is -0.0729. The molecule has 1 aliphatic heterocycles. The highest BCUT2D eigenvalue weighted by molar-refractivity contribution is 5.71. The quantitative estimate of drug-likeness (QED) is 0.391. The van der Waals surface area contributed by atoms with Crippen molar-refractivity contribution in [1.29, 1.82) is 0 Å². The number of esters is 1. The van der Waals surface area contributed by atoms with Crippen LogP contribution in [0.15, 0.2) is 0 Å². The average Bonchev–Trinajstić information content (AvgIpc) is 3.03. The number of carbonyl (C=O) groups is 1. The van der Waals surface area contributed by atoms with E-state index in [4.69, 9.17) is 9.47 Å². The minimum Gasteiger partial charge on any atom is -0.463 e. The fourth-order valence-electron chi connectivity index (χ4n) is 1.71. The predicted molar refractivity (Wildman–Crippen MR) is 67.8 cm³/mol. The van der Waals surface area contributed by atoms with Crippen LogP contribution in [0.2, 0.25) is 0 Å². The molecule has 0 radical (unpaired) electrons. The first-order valence-electron chi connectivity index (χ1n) is 6.67. The van der Waals surface area contributed by atoms with Gasteiger partial charge in [0.25, 0.3) is 0 Å². The van der Waals surface area contributed by atoms with Gasteiger partial charge in [-0.25, -0.2) is 0 Å². The van der Waals surface area contributed by atoms with Crippen molar-refractivity contribution in [2.24, 2.45) is 11.3 Å². The van der Waals surface area contributed by atoms with E-state index in [0.717, 1.165) is 19.4 Å². The highest BCUT2D eigenvalue weighted by Gasteiger charge is 2.25. The van der Waals surface area contributed by atoms with E-state index >= 15 is 0 Å². The summed E-state index contributed by atoms with van der Waals surface area (Å²) >= 11 is 0. The monoisotopic (exact) mass is 242 g/mol. The van der Waals surface area contributed by atoms with Crippen molar-refractivity contribution in [3.8, 4) is 0 Å². The Bertz CT molecular complexity index is 238. The molecule has 2 unspecified atom stereocenters. The van der Waals surface area contributed by atoms with E-state index in [1.165, 1.54) is 12.8 Å². The molecule has 1 saturated heterocycles. The van der Waals surface area contributed by atoms with Crippen LogP contribution in [-0.4, -0.2) is 25.3 Å². The van der Waals surface area contributed by atoms with Crippen LogP contribution < -0.4 is 0 Å². The van der Waals surface area contributed by atoms with Crippen molar-refractivity contribution in [3.63, 3.8) is 0 Å². The lowest BCUT2D eigenvalue weighted by Crippen LogP contribution is -2.17. The van der Waals surface area contributed by atoms with E-state index < -0.39 is 0 Å². The van der Waals surface area contributed by atoms with Crippen LogP contribution in [0.3, 0.4) is 0 Å². The number of hydrogen-bond acceptors (Lipinski definition) is 3. The van der Waals surface area contributed by atoms with Crippen LogP contribution >= 0.6 is 0 Å². The van der Waals surface area contributed by atoms with Gasteiger partial charge in [-0.2, -0.15) is 0 Å². The topological polar surface area (TPSA) is 38.8 Å². The maximum atomic E-state index is 11.6. The van der Waals surface area contributed by atoms with Crippen LogP contribution in [0.4, 0.5) is 0 Å². The van der Waals surface area contributed by atoms with Crippen LogP contribution in [0.25, 0.3) is 0 Å². The Hall–Kier alpha value is -0.570. The van der Waals surface area contributed by atoms with Gasteiger partial charge in [0.15, 0.2) is 0 Å². The highest BCUT2D eigenvalue weighted by Crippen LogP contribution is 2.23. The predicted octanol–water partition coefficient (Wildman–Crippen LogP) is 3.17. The Kier molecular flexibility index (Phi) is 5.44. The molecule has 0 aromatic rings. The second-order valence-corrected chi connectivity index (χ2v) is 6.29. The number of hydrogen-bond donors (Lipinski definition) is 0. The summed E-state index contributed by atoms with van der Waals surface area (Å²) < 4.78 is 10.2. The van der Waals surface area contributed by atoms with Crippen LogP contribution in [-0.2, 0) is 14.3 Å². The molecular weight excluding hydrogens is 216 g/mol. The van der Waals surface area contributed by atoms with Crippen molar-refractivity contribution in [1.82, 2.24) is 0 Å². The van der Waals surface area contributed by atoms with Crippen LogP contribution in [0.1, 0.15) is 53.4 Å². The lowest BCUT2D eigenvalue weighted by Gasteiger charge is -2.18. The van der Waals surface area contributed by atoms with Gasteiger partial charge < -0.3 is 9.47 Å². The largest absolute Gasteiger partial charge is 0.463 e. The third-order valence-corrected chi connectivity index (χ3v) is 3.03. The third-order valence-electron chi connectivity index (χ3n) is 3.03. The maximum absolute atomic E-state index is 11.6. The zero-order valence-corrected chi connectivity index (χ0v) is 11.6. The smallest absolute Gasteiger partial charge is 0.308 e. The van der Waals surface area contributed by atoms with Gasteiger partial charge in [-0.05, 0) is 18.3 Å². The summed E-state index contributed by atoms with van der Waals surface area (Å²) in [5, 5.41) is 0. The molecule has 1 rings (SSSR count). The number of carbonyl (C=O) groups excluding carboxylic acids is 1. The molecule has 1 fully saturated rings. The standard InChI is InChI=1S/C14H26O3/c1-11(7-5-6-8-14(2,3)4)13(15)17-10-12-9-16-12/h11-12H,5-10H2,1-4H3. The molecule has 2 atom stereocenters. The molecule has 17 heavy (non-hydrogen) atoms. The first-order chi connectivity index (χ1) is 7.88. The Morgan fingerprint density at radius 3 is 2.59 bits per heavy atom. The molecule has 3 heteroatoms. The van der Waals surface area contributed by atoms with Gasteiger partial charge in [0.05, 0.1) is 12.5 Å². The second-order valence-electron chi connectivity index (χ2n) is 6.29. The first kappa shape index (κ1) is 14.5. The molecule has 100 valence electrons. The van der Waals surface area contributed by atoms with Gasteiger partial charge in [0, 0.05) is 0 Å². The Labute approximate surface area is 105 Å².